The van der Waals surface area contributed by atoms with Crippen LogP contribution in [0.25, 0.3) is 0 Å². The fraction of sp³-hybridized carbons (Fsp3) is 0.235. The molecule has 0 aliphatic rings. The molecule has 1 aromatic carbocycles. The number of thioether (sulfide) groups is 1. The van der Waals surface area contributed by atoms with Gasteiger partial charge in [-0.05, 0) is 23.8 Å². The molecule has 0 aliphatic carbocycles. The number of rotatable bonds is 7. The average molecular weight is 450 g/mol. The van der Waals surface area contributed by atoms with Crippen molar-refractivity contribution in [2.75, 3.05) is 0 Å². The second kappa shape index (κ2) is 8.49. The zero-order chi connectivity index (χ0) is 19.4. The summed E-state index contributed by atoms with van der Waals surface area (Å²) in [7, 11) is 0. The standard InChI is InChI=1S/C17H16BrN5O3S/c1-11(2)16-20-21-17(27-10-12-3-5-13(18)6-4-12)22(16)19-9-14-7-8-15(26-14)23(24)25/h3-9,11H,10H2,1-2H3/b19-9+. The molecule has 8 nitrogen and oxygen atoms in total. The van der Waals surface area contributed by atoms with Gasteiger partial charge in [0, 0.05) is 16.1 Å². The first-order chi connectivity index (χ1) is 12.9. The second-order valence-electron chi connectivity index (χ2n) is 5.90. The summed E-state index contributed by atoms with van der Waals surface area (Å²) in [6.07, 6.45) is 1.42. The highest BCUT2D eigenvalue weighted by molar-refractivity contribution is 9.10. The van der Waals surface area contributed by atoms with Crippen molar-refractivity contribution in [3.63, 3.8) is 0 Å². The Morgan fingerprint density at radius 1 is 1.30 bits per heavy atom. The lowest BCUT2D eigenvalue weighted by Crippen LogP contribution is -2.02. The van der Waals surface area contributed by atoms with Crippen LogP contribution in [0.3, 0.4) is 0 Å². The van der Waals surface area contributed by atoms with Crippen LogP contribution in [0.1, 0.15) is 36.9 Å². The zero-order valence-corrected chi connectivity index (χ0v) is 17.0. The third kappa shape index (κ3) is 4.83. The minimum absolute atomic E-state index is 0.114. The Morgan fingerprint density at radius 2 is 2.04 bits per heavy atom. The van der Waals surface area contributed by atoms with E-state index in [0.717, 1.165) is 10.0 Å². The molecule has 0 amide bonds. The number of benzene rings is 1. The van der Waals surface area contributed by atoms with E-state index in [0.29, 0.717) is 16.7 Å². The molecule has 27 heavy (non-hydrogen) atoms. The lowest BCUT2D eigenvalue weighted by Gasteiger charge is -2.06. The molecule has 3 aromatic rings. The van der Waals surface area contributed by atoms with Crippen LogP contribution in [-0.2, 0) is 5.75 Å². The highest BCUT2D eigenvalue weighted by Gasteiger charge is 2.16. The van der Waals surface area contributed by atoms with Crippen LogP contribution >= 0.6 is 27.7 Å². The van der Waals surface area contributed by atoms with Crippen molar-refractivity contribution >= 4 is 39.8 Å². The third-order valence-corrected chi connectivity index (χ3v) is 5.05. The van der Waals surface area contributed by atoms with Crippen molar-refractivity contribution in [2.24, 2.45) is 5.10 Å². The predicted molar refractivity (Wildman–Crippen MR) is 106 cm³/mol. The van der Waals surface area contributed by atoms with Gasteiger partial charge in [-0.2, -0.15) is 9.78 Å². The van der Waals surface area contributed by atoms with Gasteiger partial charge in [-0.15, -0.1) is 10.2 Å². The predicted octanol–water partition coefficient (Wildman–Crippen LogP) is 4.84. The molecule has 10 heteroatoms. The fourth-order valence-electron chi connectivity index (χ4n) is 2.19. The second-order valence-corrected chi connectivity index (χ2v) is 7.76. The number of nitro groups is 1. The first kappa shape index (κ1) is 19.3. The molecule has 0 atom stereocenters. The summed E-state index contributed by atoms with van der Waals surface area (Å²) in [5.74, 6) is 1.49. The van der Waals surface area contributed by atoms with Crippen LogP contribution in [0, 0.1) is 10.1 Å². The lowest BCUT2D eigenvalue weighted by atomic mass is 10.2. The lowest BCUT2D eigenvalue weighted by molar-refractivity contribution is -0.402. The molecule has 0 radical (unpaired) electrons. The maximum absolute atomic E-state index is 10.7. The van der Waals surface area contributed by atoms with E-state index in [1.54, 1.807) is 4.68 Å². The van der Waals surface area contributed by atoms with Crippen LogP contribution < -0.4 is 0 Å². The molecule has 0 spiro atoms. The highest BCUT2D eigenvalue weighted by atomic mass is 79.9. The van der Waals surface area contributed by atoms with Crippen LogP contribution in [0.15, 0.2) is 55.5 Å². The van der Waals surface area contributed by atoms with Crippen LogP contribution in [-0.4, -0.2) is 26.0 Å². The molecule has 0 N–H and O–H groups in total. The summed E-state index contributed by atoms with van der Waals surface area (Å²) in [6, 6.07) is 10.8. The van der Waals surface area contributed by atoms with Gasteiger partial charge in [-0.3, -0.25) is 10.1 Å². The van der Waals surface area contributed by atoms with Gasteiger partial charge in [-0.25, -0.2) is 0 Å². The summed E-state index contributed by atoms with van der Waals surface area (Å²) in [5, 5.41) is 24.2. The Morgan fingerprint density at radius 3 is 2.67 bits per heavy atom. The Bertz CT molecular complexity index is 965. The number of aromatic nitrogens is 3. The van der Waals surface area contributed by atoms with Crippen LogP contribution in [0.5, 0.6) is 0 Å². The normalized spacial score (nSPS) is 11.6. The SMILES string of the molecule is CC(C)c1nnc(SCc2ccc(Br)cc2)n1/N=C/c1ccc([N+](=O)[O-])o1. The number of halogens is 1. The van der Waals surface area contributed by atoms with Gasteiger partial charge in [0.05, 0.1) is 12.3 Å². The molecule has 0 bridgehead atoms. The molecular formula is C17H16BrN5O3S. The van der Waals surface area contributed by atoms with E-state index in [1.165, 1.54) is 30.1 Å². The van der Waals surface area contributed by atoms with E-state index in [-0.39, 0.29) is 17.6 Å². The number of hydrogen-bond acceptors (Lipinski definition) is 7. The Labute approximate surface area is 168 Å². The minimum atomic E-state index is -0.588. The molecule has 0 saturated carbocycles. The van der Waals surface area contributed by atoms with Gasteiger partial charge in [0.25, 0.3) is 0 Å². The van der Waals surface area contributed by atoms with E-state index in [4.69, 9.17) is 4.42 Å². The van der Waals surface area contributed by atoms with Crippen LogP contribution in [0.4, 0.5) is 5.88 Å². The van der Waals surface area contributed by atoms with Gasteiger partial charge in [-0.1, -0.05) is 53.7 Å². The van der Waals surface area contributed by atoms with Crippen molar-refractivity contribution < 1.29 is 9.34 Å². The van der Waals surface area contributed by atoms with Crippen molar-refractivity contribution in [1.82, 2.24) is 14.9 Å². The fourth-order valence-corrected chi connectivity index (χ4v) is 3.30. The number of furan rings is 1. The molecule has 0 fully saturated rings. The van der Waals surface area contributed by atoms with Gasteiger partial charge in [0.2, 0.25) is 5.16 Å². The average Bonchev–Trinajstić information content (AvgIpc) is 3.26. The van der Waals surface area contributed by atoms with Gasteiger partial charge in [0.15, 0.2) is 11.6 Å². The number of nitrogens with zero attached hydrogens (tertiary/aromatic N) is 5. The van der Waals surface area contributed by atoms with E-state index in [9.17, 15) is 10.1 Å². The summed E-state index contributed by atoms with van der Waals surface area (Å²) in [4.78, 5) is 10.1. The topological polar surface area (TPSA) is 99.3 Å². The zero-order valence-electron chi connectivity index (χ0n) is 14.6. The minimum Gasteiger partial charge on any atom is -0.400 e. The molecule has 3 rings (SSSR count). The highest BCUT2D eigenvalue weighted by Crippen LogP contribution is 2.25. The maximum atomic E-state index is 10.7. The van der Waals surface area contributed by atoms with Gasteiger partial charge in [0.1, 0.15) is 4.92 Å². The summed E-state index contributed by atoms with van der Waals surface area (Å²) in [5.41, 5.74) is 1.15. The quantitative estimate of drug-likeness (QED) is 0.221. The maximum Gasteiger partial charge on any atom is 0.433 e. The number of hydrogen-bond donors (Lipinski definition) is 0. The van der Waals surface area contributed by atoms with Gasteiger partial charge < -0.3 is 4.42 Å². The Hall–Kier alpha value is -2.46. The molecule has 2 aromatic heterocycles. The first-order valence-electron chi connectivity index (χ1n) is 8.05. The van der Waals surface area contributed by atoms with Gasteiger partial charge >= 0.3 is 5.88 Å². The smallest absolute Gasteiger partial charge is 0.400 e. The molecule has 0 saturated heterocycles. The first-order valence-corrected chi connectivity index (χ1v) is 9.83. The molecule has 2 heterocycles. The van der Waals surface area contributed by atoms with E-state index in [1.807, 2.05) is 38.1 Å². The Kier molecular flexibility index (Phi) is 6.07. The molecule has 0 aliphatic heterocycles. The molecular weight excluding hydrogens is 434 g/mol. The largest absolute Gasteiger partial charge is 0.433 e. The monoisotopic (exact) mass is 449 g/mol. The van der Waals surface area contributed by atoms with Crippen molar-refractivity contribution in [3.8, 4) is 0 Å². The summed E-state index contributed by atoms with van der Waals surface area (Å²) < 4.78 is 7.78. The van der Waals surface area contributed by atoms with E-state index in [2.05, 4.69) is 31.2 Å². The van der Waals surface area contributed by atoms with Crippen molar-refractivity contribution in [1.29, 1.82) is 0 Å². The molecule has 0 unspecified atom stereocenters. The summed E-state index contributed by atoms with van der Waals surface area (Å²) in [6.45, 7) is 3.99. The van der Waals surface area contributed by atoms with E-state index >= 15 is 0 Å². The molecule has 140 valence electrons. The Balaban J connectivity index is 1.81. The van der Waals surface area contributed by atoms with Crippen molar-refractivity contribution in [3.05, 3.63) is 68.1 Å². The van der Waals surface area contributed by atoms with E-state index < -0.39 is 4.92 Å². The van der Waals surface area contributed by atoms with Crippen LogP contribution in [0.2, 0.25) is 0 Å². The third-order valence-electron chi connectivity index (χ3n) is 3.53. The van der Waals surface area contributed by atoms with Crippen molar-refractivity contribution in [2.45, 2.75) is 30.7 Å². The summed E-state index contributed by atoms with van der Waals surface area (Å²) >= 11 is 4.93.